The van der Waals surface area contributed by atoms with Gasteiger partial charge < -0.3 is 10.1 Å². The highest BCUT2D eigenvalue weighted by Crippen LogP contribution is 2.10. The van der Waals surface area contributed by atoms with Crippen LogP contribution in [0.4, 0.5) is 0 Å². The van der Waals surface area contributed by atoms with Crippen LogP contribution in [0, 0.1) is 0 Å². The first-order valence-corrected chi connectivity index (χ1v) is 7.22. The number of rotatable bonds is 10. The van der Waals surface area contributed by atoms with Crippen LogP contribution in [-0.2, 0) is 11.2 Å². The van der Waals surface area contributed by atoms with E-state index >= 15 is 0 Å². The largest absolute Gasteiger partial charge is 0.383 e. The molecule has 0 unspecified atom stereocenters. The highest BCUT2D eigenvalue weighted by Gasteiger charge is 1.94. The number of hydrogen-bond donors (Lipinski definition) is 1. The molecule has 0 spiro atoms. The molecule has 2 heteroatoms. The standard InChI is InChI=1S/C17H27NO/c1-16(9-7-13-18-14-15-19-2)8-6-12-17-10-4-3-5-11-17/h3-5,9-11,18H,6-8,12-15H2,1-2H3. The normalized spacial score (nSPS) is 11.8. The lowest BCUT2D eigenvalue weighted by Gasteiger charge is -2.04. The van der Waals surface area contributed by atoms with Gasteiger partial charge in [-0.2, -0.15) is 0 Å². The van der Waals surface area contributed by atoms with Gasteiger partial charge in [-0.25, -0.2) is 0 Å². The fraction of sp³-hybridized carbons (Fsp3) is 0.529. The van der Waals surface area contributed by atoms with Crippen LogP contribution in [0.3, 0.4) is 0 Å². The van der Waals surface area contributed by atoms with E-state index in [4.69, 9.17) is 4.74 Å². The van der Waals surface area contributed by atoms with Gasteiger partial charge in [0.2, 0.25) is 0 Å². The van der Waals surface area contributed by atoms with Gasteiger partial charge in [0.1, 0.15) is 0 Å². The van der Waals surface area contributed by atoms with Crippen LogP contribution >= 0.6 is 0 Å². The molecule has 0 aliphatic heterocycles. The first-order chi connectivity index (χ1) is 9.33. The summed E-state index contributed by atoms with van der Waals surface area (Å²) in [6.07, 6.45) is 7.08. The third-order valence-electron chi connectivity index (χ3n) is 3.18. The van der Waals surface area contributed by atoms with Gasteiger partial charge >= 0.3 is 0 Å². The molecule has 19 heavy (non-hydrogen) atoms. The van der Waals surface area contributed by atoms with Gasteiger partial charge in [0.05, 0.1) is 6.61 Å². The summed E-state index contributed by atoms with van der Waals surface area (Å²) in [6.45, 7) is 5.01. The number of ether oxygens (including phenoxy) is 1. The van der Waals surface area contributed by atoms with Crippen molar-refractivity contribution in [1.29, 1.82) is 0 Å². The van der Waals surface area contributed by atoms with Gasteiger partial charge in [-0.15, -0.1) is 0 Å². The molecule has 0 saturated heterocycles. The predicted octanol–water partition coefficient (Wildman–Crippen LogP) is 3.58. The molecule has 0 aliphatic rings. The van der Waals surface area contributed by atoms with Crippen molar-refractivity contribution >= 4 is 0 Å². The number of nitrogens with one attached hydrogen (secondary N) is 1. The van der Waals surface area contributed by atoms with E-state index < -0.39 is 0 Å². The second-order valence-corrected chi connectivity index (χ2v) is 4.92. The van der Waals surface area contributed by atoms with Gasteiger partial charge in [0.15, 0.2) is 0 Å². The number of benzene rings is 1. The molecule has 0 heterocycles. The third kappa shape index (κ3) is 8.57. The SMILES string of the molecule is COCCNCCC=C(C)CCCc1ccccc1. The topological polar surface area (TPSA) is 21.3 Å². The summed E-state index contributed by atoms with van der Waals surface area (Å²) in [4.78, 5) is 0. The molecule has 2 nitrogen and oxygen atoms in total. The van der Waals surface area contributed by atoms with E-state index in [9.17, 15) is 0 Å². The summed E-state index contributed by atoms with van der Waals surface area (Å²) in [5, 5.41) is 3.35. The third-order valence-corrected chi connectivity index (χ3v) is 3.18. The molecule has 0 fully saturated rings. The van der Waals surface area contributed by atoms with Crippen molar-refractivity contribution in [2.45, 2.75) is 32.6 Å². The predicted molar refractivity (Wildman–Crippen MR) is 82.5 cm³/mol. The van der Waals surface area contributed by atoms with Crippen molar-refractivity contribution in [1.82, 2.24) is 5.32 Å². The molecule has 106 valence electrons. The fourth-order valence-electron chi connectivity index (χ4n) is 2.04. The fourth-order valence-corrected chi connectivity index (χ4v) is 2.04. The molecule has 0 atom stereocenters. The van der Waals surface area contributed by atoms with Crippen molar-refractivity contribution < 1.29 is 4.74 Å². The lowest BCUT2D eigenvalue weighted by molar-refractivity contribution is 0.199. The maximum absolute atomic E-state index is 4.99. The molecule has 1 N–H and O–H groups in total. The molecule has 1 aromatic carbocycles. The average Bonchev–Trinajstić information content (AvgIpc) is 2.44. The summed E-state index contributed by atoms with van der Waals surface area (Å²) in [6, 6.07) is 10.7. The summed E-state index contributed by atoms with van der Waals surface area (Å²) >= 11 is 0. The zero-order valence-electron chi connectivity index (χ0n) is 12.3. The Bertz CT molecular complexity index is 346. The Labute approximate surface area is 117 Å². The Hall–Kier alpha value is -1.12. The van der Waals surface area contributed by atoms with Crippen LogP contribution in [0.2, 0.25) is 0 Å². The molecular weight excluding hydrogens is 234 g/mol. The van der Waals surface area contributed by atoms with E-state index in [0.29, 0.717) is 0 Å². The minimum atomic E-state index is 0.791. The zero-order valence-corrected chi connectivity index (χ0v) is 12.3. The molecule has 0 saturated carbocycles. The molecule has 0 bridgehead atoms. The molecule has 0 aliphatic carbocycles. The van der Waals surface area contributed by atoms with E-state index in [-0.39, 0.29) is 0 Å². The Morgan fingerprint density at radius 2 is 2.00 bits per heavy atom. The highest BCUT2D eigenvalue weighted by molar-refractivity contribution is 5.14. The maximum Gasteiger partial charge on any atom is 0.0587 e. The monoisotopic (exact) mass is 261 g/mol. The molecule has 1 aromatic rings. The summed E-state index contributed by atoms with van der Waals surface area (Å²) in [5.74, 6) is 0. The lowest BCUT2D eigenvalue weighted by Crippen LogP contribution is -2.19. The average molecular weight is 261 g/mol. The molecule has 0 aromatic heterocycles. The van der Waals surface area contributed by atoms with E-state index in [0.717, 1.165) is 26.1 Å². The lowest BCUT2D eigenvalue weighted by atomic mass is 10.0. The number of allylic oxidation sites excluding steroid dienone is 1. The Balaban J connectivity index is 2.05. The van der Waals surface area contributed by atoms with Crippen LogP contribution < -0.4 is 5.32 Å². The van der Waals surface area contributed by atoms with Crippen molar-refractivity contribution in [2.75, 3.05) is 26.8 Å². The smallest absolute Gasteiger partial charge is 0.0587 e. The molecule has 0 radical (unpaired) electrons. The van der Waals surface area contributed by atoms with Crippen molar-refractivity contribution in [3.63, 3.8) is 0 Å². The van der Waals surface area contributed by atoms with E-state index in [1.165, 1.54) is 30.4 Å². The second kappa shape index (κ2) is 10.8. The zero-order chi connectivity index (χ0) is 13.8. The van der Waals surface area contributed by atoms with Crippen LogP contribution in [0.1, 0.15) is 31.7 Å². The van der Waals surface area contributed by atoms with Crippen molar-refractivity contribution in [2.24, 2.45) is 0 Å². The molecule has 0 amide bonds. The van der Waals surface area contributed by atoms with Gasteiger partial charge in [0, 0.05) is 13.7 Å². The van der Waals surface area contributed by atoms with Crippen molar-refractivity contribution in [3.8, 4) is 0 Å². The maximum atomic E-state index is 4.99. The highest BCUT2D eigenvalue weighted by atomic mass is 16.5. The van der Waals surface area contributed by atoms with E-state index in [2.05, 4.69) is 48.6 Å². The first-order valence-electron chi connectivity index (χ1n) is 7.22. The quantitative estimate of drug-likeness (QED) is 0.513. The molecular formula is C17H27NO. The Morgan fingerprint density at radius 1 is 1.21 bits per heavy atom. The summed E-state index contributed by atoms with van der Waals surface area (Å²) in [5.41, 5.74) is 2.95. The number of aryl methyl sites for hydroxylation is 1. The number of hydrogen-bond acceptors (Lipinski definition) is 2. The van der Waals surface area contributed by atoms with Gasteiger partial charge in [-0.05, 0) is 44.7 Å². The van der Waals surface area contributed by atoms with E-state index in [1.54, 1.807) is 7.11 Å². The van der Waals surface area contributed by atoms with E-state index in [1.807, 2.05) is 0 Å². The van der Waals surface area contributed by atoms with Gasteiger partial charge in [-0.3, -0.25) is 0 Å². The minimum absolute atomic E-state index is 0.791. The van der Waals surface area contributed by atoms with Crippen molar-refractivity contribution in [3.05, 3.63) is 47.5 Å². The number of methoxy groups -OCH3 is 1. The second-order valence-electron chi connectivity index (χ2n) is 4.92. The minimum Gasteiger partial charge on any atom is -0.383 e. The van der Waals surface area contributed by atoms with Crippen LogP contribution in [0.25, 0.3) is 0 Å². The van der Waals surface area contributed by atoms with Gasteiger partial charge in [-0.1, -0.05) is 42.0 Å². The Kier molecular flexibility index (Phi) is 9.03. The van der Waals surface area contributed by atoms with Crippen LogP contribution in [-0.4, -0.2) is 26.8 Å². The summed E-state index contributed by atoms with van der Waals surface area (Å²) in [7, 11) is 1.73. The summed E-state index contributed by atoms with van der Waals surface area (Å²) < 4.78 is 4.99. The van der Waals surface area contributed by atoms with Crippen LogP contribution in [0.15, 0.2) is 42.0 Å². The Morgan fingerprint density at radius 3 is 2.74 bits per heavy atom. The van der Waals surface area contributed by atoms with Crippen LogP contribution in [0.5, 0.6) is 0 Å². The molecule has 1 rings (SSSR count). The van der Waals surface area contributed by atoms with Gasteiger partial charge in [0.25, 0.3) is 0 Å². The first kappa shape index (κ1) is 15.9.